The number of pyridine rings is 1. The molecule has 1 aromatic rings. The first-order chi connectivity index (χ1) is 7.25. The smallest absolute Gasteiger partial charge is 0.174 e. The highest BCUT2D eigenvalue weighted by Crippen LogP contribution is 2.39. The highest BCUT2D eigenvalue weighted by Gasteiger charge is 2.33. The Morgan fingerprint density at radius 1 is 1.60 bits per heavy atom. The minimum absolute atomic E-state index is 0.506. The van der Waals surface area contributed by atoms with E-state index in [2.05, 4.69) is 9.88 Å². The molecule has 80 valence electrons. The Bertz CT molecular complexity index is 405. The second-order valence-electron chi connectivity index (χ2n) is 4.32. The Kier molecular flexibility index (Phi) is 1.78. The molecule has 0 bridgehead atoms. The third kappa shape index (κ3) is 1.24. The zero-order valence-corrected chi connectivity index (χ0v) is 8.86. The van der Waals surface area contributed by atoms with E-state index in [-0.39, 0.29) is 0 Å². The second-order valence-corrected chi connectivity index (χ2v) is 4.32. The Morgan fingerprint density at radius 2 is 2.47 bits per heavy atom. The molecule has 1 aromatic heterocycles. The van der Waals surface area contributed by atoms with E-state index in [9.17, 15) is 0 Å². The zero-order chi connectivity index (χ0) is 10.4. The summed E-state index contributed by atoms with van der Waals surface area (Å²) >= 11 is 0. The minimum atomic E-state index is 0.506. The van der Waals surface area contributed by atoms with E-state index < -0.39 is 0 Å². The van der Waals surface area contributed by atoms with Crippen LogP contribution in [0.25, 0.3) is 0 Å². The van der Waals surface area contributed by atoms with Gasteiger partial charge in [-0.1, -0.05) is 0 Å². The second kappa shape index (κ2) is 3.02. The summed E-state index contributed by atoms with van der Waals surface area (Å²) in [6.45, 7) is 3.89. The van der Waals surface area contributed by atoms with Crippen LogP contribution < -0.4 is 15.4 Å². The summed E-state index contributed by atoms with van der Waals surface area (Å²) in [5, 5.41) is 0. The minimum Gasteiger partial charge on any atom is -0.487 e. The van der Waals surface area contributed by atoms with Crippen molar-refractivity contribution in [3.05, 3.63) is 11.6 Å². The van der Waals surface area contributed by atoms with Crippen LogP contribution in [0.4, 0.5) is 11.6 Å². The molecule has 3 rings (SSSR count). The molecular formula is C11H15N3O. The van der Waals surface area contributed by atoms with Crippen LogP contribution >= 0.6 is 0 Å². The van der Waals surface area contributed by atoms with E-state index in [1.54, 1.807) is 0 Å². The number of anilines is 2. The van der Waals surface area contributed by atoms with E-state index in [1.165, 1.54) is 12.8 Å². The van der Waals surface area contributed by atoms with Gasteiger partial charge in [-0.25, -0.2) is 4.98 Å². The van der Waals surface area contributed by atoms with Gasteiger partial charge in [-0.15, -0.1) is 0 Å². The lowest BCUT2D eigenvalue weighted by Gasteiger charge is -2.33. The van der Waals surface area contributed by atoms with E-state index in [0.717, 1.165) is 30.3 Å². The summed E-state index contributed by atoms with van der Waals surface area (Å²) in [6, 6.07) is 2.38. The third-order valence-electron chi connectivity index (χ3n) is 3.23. The lowest BCUT2D eigenvalue weighted by atomic mass is 10.2. The molecule has 15 heavy (non-hydrogen) atoms. The van der Waals surface area contributed by atoms with Crippen molar-refractivity contribution in [2.24, 2.45) is 0 Å². The fraction of sp³-hybridized carbons (Fsp3) is 0.545. The van der Waals surface area contributed by atoms with Crippen LogP contribution in [0.1, 0.15) is 18.4 Å². The van der Waals surface area contributed by atoms with Crippen LogP contribution in [0, 0.1) is 6.92 Å². The number of nitrogens with two attached hydrogens (primary N) is 1. The molecule has 4 heteroatoms. The number of ether oxygens (including phenoxy) is 1. The van der Waals surface area contributed by atoms with Crippen LogP contribution in [0.3, 0.4) is 0 Å². The number of aromatic nitrogens is 1. The molecule has 2 N–H and O–H groups in total. The molecule has 0 saturated carbocycles. The first-order valence-corrected chi connectivity index (χ1v) is 5.42. The fourth-order valence-corrected chi connectivity index (χ4v) is 2.51. The number of aryl methyl sites for hydroxylation is 1. The van der Waals surface area contributed by atoms with Gasteiger partial charge in [-0.2, -0.15) is 0 Å². The van der Waals surface area contributed by atoms with Crippen LogP contribution in [-0.4, -0.2) is 24.2 Å². The molecule has 0 spiro atoms. The lowest BCUT2D eigenvalue weighted by Crippen LogP contribution is -2.39. The number of hydrogen-bond donors (Lipinski definition) is 1. The monoisotopic (exact) mass is 205 g/mol. The maximum Gasteiger partial charge on any atom is 0.174 e. The van der Waals surface area contributed by atoms with E-state index in [0.29, 0.717) is 11.9 Å². The van der Waals surface area contributed by atoms with Crippen LogP contribution in [0.15, 0.2) is 6.07 Å². The number of hydrogen-bond acceptors (Lipinski definition) is 4. The molecule has 1 fully saturated rings. The van der Waals surface area contributed by atoms with Gasteiger partial charge in [0.05, 0.1) is 6.04 Å². The average molecular weight is 205 g/mol. The summed E-state index contributed by atoms with van der Waals surface area (Å²) < 4.78 is 5.76. The van der Waals surface area contributed by atoms with Crippen molar-refractivity contribution in [3.63, 3.8) is 0 Å². The van der Waals surface area contributed by atoms with Gasteiger partial charge >= 0.3 is 0 Å². The van der Waals surface area contributed by atoms with Gasteiger partial charge in [-0.3, -0.25) is 0 Å². The van der Waals surface area contributed by atoms with Gasteiger partial charge in [-0.05, 0) is 31.4 Å². The van der Waals surface area contributed by atoms with E-state index in [1.807, 2.05) is 13.0 Å². The zero-order valence-electron chi connectivity index (χ0n) is 8.86. The number of nitrogens with zero attached hydrogens (tertiary/aromatic N) is 2. The number of rotatable bonds is 0. The first-order valence-electron chi connectivity index (χ1n) is 5.42. The average Bonchev–Trinajstić information content (AvgIpc) is 2.65. The molecule has 0 amide bonds. The maximum atomic E-state index is 5.77. The summed E-state index contributed by atoms with van der Waals surface area (Å²) in [5.74, 6) is 2.45. The topological polar surface area (TPSA) is 51.4 Å². The number of fused-ring (bicyclic) bond motifs is 3. The van der Waals surface area contributed by atoms with Crippen molar-refractivity contribution in [1.82, 2.24) is 4.98 Å². The summed E-state index contributed by atoms with van der Waals surface area (Å²) in [7, 11) is 0. The predicted molar refractivity (Wildman–Crippen MR) is 59.2 cm³/mol. The van der Waals surface area contributed by atoms with Gasteiger partial charge < -0.3 is 15.4 Å². The third-order valence-corrected chi connectivity index (χ3v) is 3.23. The quantitative estimate of drug-likeness (QED) is 0.694. The van der Waals surface area contributed by atoms with Crippen molar-refractivity contribution < 1.29 is 4.74 Å². The van der Waals surface area contributed by atoms with Crippen molar-refractivity contribution in [3.8, 4) is 5.75 Å². The molecule has 0 radical (unpaired) electrons. The standard InChI is InChI=1S/C11H15N3O/c1-7-5-9(12)13-11-10(7)15-6-8-3-2-4-14(8)11/h5,8H,2-4,6H2,1H3,(H2,12,13). The predicted octanol–water partition coefficient (Wildman–Crippen LogP) is 1.33. The van der Waals surface area contributed by atoms with Gasteiger partial charge in [0, 0.05) is 6.54 Å². The van der Waals surface area contributed by atoms with Gasteiger partial charge in [0.15, 0.2) is 11.6 Å². The molecule has 0 aliphatic carbocycles. The van der Waals surface area contributed by atoms with Gasteiger partial charge in [0.2, 0.25) is 0 Å². The van der Waals surface area contributed by atoms with Crippen molar-refractivity contribution in [1.29, 1.82) is 0 Å². The normalized spacial score (nSPS) is 23.3. The fourth-order valence-electron chi connectivity index (χ4n) is 2.51. The largest absolute Gasteiger partial charge is 0.487 e. The molecule has 1 saturated heterocycles. The Balaban J connectivity index is 2.12. The highest BCUT2D eigenvalue weighted by molar-refractivity contribution is 5.62. The van der Waals surface area contributed by atoms with Gasteiger partial charge in [0.1, 0.15) is 12.4 Å². The number of nitrogen functional groups attached to an aromatic ring is 1. The Morgan fingerprint density at radius 3 is 3.33 bits per heavy atom. The summed E-state index contributed by atoms with van der Waals surface area (Å²) in [6.07, 6.45) is 2.43. The molecule has 2 aliphatic heterocycles. The molecule has 1 atom stereocenters. The van der Waals surface area contributed by atoms with Crippen LogP contribution in [-0.2, 0) is 0 Å². The molecule has 3 heterocycles. The molecule has 2 aliphatic rings. The lowest BCUT2D eigenvalue weighted by molar-refractivity contribution is 0.268. The van der Waals surface area contributed by atoms with Crippen molar-refractivity contribution in [2.75, 3.05) is 23.8 Å². The van der Waals surface area contributed by atoms with Crippen molar-refractivity contribution >= 4 is 11.6 Å². The SMILES string of the molecule is Cc1cc(N)nc2c1OCC1CCCN21. The first kappa shape index (κ1) is 8.83. The summed E-state index contributed by atoms with van der Waals surface area (Å²) in [4.78, 5) is 6.73. The molecular weight excluding hydrogens is 190 g/mol. The van der Waals surface area contributed by atoms with E-state index in [4.69, 9.17) is 10.5 Å². The molecule has 0 aromatic carbocycles. The molecule has 1 unspecified atom stereocenters. The van der Waals surface area contributed by atoms with Crippen LogP contribution in [0.5, 0.6) is 5.75 Å². The van der Waals surface area contributed by atoms with Crippen molar-refractivity contribution in [2.45, 2.75) is 25.8 Å². The Hall–Kier alpha value is -1.45. The Labute approximate surface area is 89.0 Å². The van der Waals surface area contributed by atoms with E-state index >= 15 is 0 Å². The highest BCUT2D eigenvalue weighted by atomic mass is 16.5. The van der Waals surface area contributed by atoms with Crippen LogP contribution in [0.2, 0.25) is 0 Å². The maximum absolute atomic E-state index is 5.77. The summed E-state index contributed by atoms with van der Waals surface area (Å²) in [5.41, 5.74) is 6.86. The van der Waals surface area contributed by atoms with Gasteiger partial charge in [0.25, 0.3) is 0 Å². The molecule has 4 nitrogen and oxygen atoms in total.